The van der Waals surface area contributed by atoms with Crippen molar-refractivity contribution in [1.82, 2.24) is 10.2 Å². The summed E-state index contributed by atoms with van der Waals surface area (Å²) >= 11 is 0. The van der Waals surface area contributed by atoms with E-state index in [2.05, 4.69) is 10.2 Å². The quantitative estimate of drug-likeness (QED) is 0.761. The molecule has 0 aromatic heterocycles. The van der Waals surface area contributed by atoms with Crippen molar-refractivity contribution >= 4 is 0 Å². The lowest BCUT2D eigenvalue weighted by Gasteiger charge is -2.39. The molecule has 2 heterocycles. The van der Waals surface area contributed by atoms with Gasteiger partial charge in [-0.25, -0.2) is 0 Å². The summed E-state index contributed by atoms with van der Waals surface area (Å²) < 4.78 is 0. The van der Waals surface area contributed by atoms with E-state index in [0.717, 1.165) is 17.9 Å². The highest BCUT2D eigenvalue weighted by Gasteiger charge is 2.34. The monoisotopic (exact) mass is 208 g/mol. The first-order valence-electron chi connectivity index (χ1n) is 6.88. The summed E-state index contributed by atoms with van der Waals surface area (Å²) in [6, 6.07) is 0.979. The first-order valence-corrected chi connectivity index (χ1v) is 6.88. The second kappa shape index (κ2) is 4.42. The summed E-state index contributed by atoms with van der Waals surface area (Å²) in [4.78, 5) is 2.82. The highest BCUT2D eigenvalue weighted by Crippen LogP contribution is 2.36. The minimum atomic E-state index is 0.979. The highest BCUT2D eigenvalue weighted by atomic mass is 15.2. The van der Waals surface area contributed by atoms with Gasteiger partial charge in [0.2, 0.25) is 0 Å². The molecule has 2 saturated heterocycles. The van der Waals surface area contributed by atoms with Crippen LogP contribution in [0.3, 0.4) is 0 Å². The third kappa shape index (κ3) is 2.07. The minimum absolute atomic E-state index is 0.979. The van der Waals surface area contributed by atoms with Crippen LogP contribution in [-0.2, 0) is 0 Å². The molecule has 0 amide bonds. The summed E-state index contributed by atoms with van der Waals surface area (Å²) in [6.45, 7) is 5.33. The van der Waals surface area contributed by atoms with E-state index in [-0.39, 0.29) is 0 Å². The van der Waals surface area contributed by atoms with E-state index in [0.29, 0.717) is 0 Å². The normalized spacial score (nSPS) is 37.6. The van der Waals surface area contributed by atoms with Crippen molar-refractivity contribution in [1.29, 1.82) is 0 Å². The average molecular weight is 208 g/mol. The second-order valence-corrected chi connectivity index (χ2v) is 5.75. The van der Waals surface area contributed by atoms with Crippen molar-refractivity contribution in [2.75, 3.05) is 26.2 Å². The molecule has 3 fully saturated rings. The molecule has 2 atom stereocenters. The van der Waals surface area contributed by atoms with Gasteiger partial charge >= 0.3 is 0 Å². The lowest BCUT2D eigenvalue weighted by atomic mass is 9.91. The van der Waals surface area contributed by atoms with Crippen LogP contribution in [0.25, 0.3) is 0 Å². The lowest BCUT2D eigenvalue weighted by molar-refractivity contribution is 0.101. The molecule has 3 rings (SSSR count). The molecule has 0 radical (unpaired) electrons. The molecular weight excluding hydrogens is 184 g/mol. The van der Waals surface area contributed by atoms with Crippen molar-refractivity contribution in [2.45, 2.75) is 44.6 Å². The molecule has 3 aliphatic rings. The number of piperidine rings is 1. The SMILES string of the molecule is C1CC2CCCN(CCC3CNC3)C2C1. The zero-order valence-electron chi connectivity index (χ0n) is 9.75. The zero-order chi connectivity index (χ0) is 10.1. The number of hydrogen-bond acceptors (Lipinski definition) is 2. The first kappa shape index (κ1) is 10.1. The summed E-state index contributed by atoms with van der Waals surface area (Å²) in [5.74, 6) is 2.06. The molecule has 1 aliphatic carbocycles. The summed E-state index contributed by atoms with van der Waals surface area (Å²) in [5.41, 5.74) is 0. The van der Waals surface area contributed by atoms with Crippen molar-refractivity contribution in [3.05, 3.63) is 0 Å². The van der Waals surface area contributed by atoms with Gasteiger partial charge in [-0.2, -0.15) is 0 Å². The predicted octanol–water partition coefficient (Wildman–Crippen LogP) is 1.86. The first-order chi connectivity index (χ1) is 7.43. The van der Waals surface area contributed by atoms with Gasteiger partial charge in [-0.15, -0.1) is 0 Å². The van der Waals surface area contributed by atoms with Gasteiger partial charge in [0.1, 0.15) is 0 Å². The Hall–Kier alpha value is -0.0800. The average Bonchev–Trinajstić information content (AvgIpc) is 2.63. The molecule has 0 aromatic carbocycles. The molecule has 15 heavy (non-hydrogen) atoms. The number of likely N-dealkylation sites (tertiary alicyclic amines) is 1. The second-order valence-electron chi connectivity index (χ2n) is 5.75. The maximum atomic E-state index is 3.38. The van der Waals surface area contributed by atoms with Crippen LogP contribution in [0.4, 0.5) is 0 Å². The standard InChI is InChI=1S/C13H24N2/c1-3-12-4-2-7-15(13(12)5-1)8-6-11-9-14-10-11/h11-14H,1-10H2. The molecule has 2 heteroatoms. The topological polar surface area (TPSA) is 15.3 Å². The lowest BCUT2D eigenvalue weighted by Crippen LogP contribution is -2.47. The van der Waals surface area contributed by atoms with Crippen LogP contribution < -0.4 is 5.32 Å². The van der Waals surface area contributed by atoms with E-state index >= 15 is 0 Å². The molecule has 2 nitrogen and oxygen atoms in total. The van der Waals surface area contributed by atoms with Gasteiger partial charge in [-0.3, -0.25) is 0 Å². The molecule has 1 N–H and O–H groups in total. The van der Waals surface area contributed by atoms with Crippen LogP contribution in [0.15, 0.2) is 0 Å². The van der Waals surface area contributed by atoms with E-state index in [1.54, 1.807) is 0 Å². The third-order valence-corrected chi connectivity index (χ3v) is 4.80. The summed E-state index contributed by atoms with van der Waals surface area (Å²) in [6.07, 6.45) is 8.93. The van der Waals surface area contributed by atoms with Crippen LogP contribution in [0.1, 0.15) is 38.5 Å². The number of nitrogens with one attached hydrogen (secondary N) is 1. The fourth-order valence-corrected chi connectivity index (χ4v) is 3.74. The Morgan fingerprint density at radius 1 is 1.07 bits per heavy atom. The van der Waals surface area contributed by atoms with Crippen molar-refractivity contribution < 1.29 is 0 Å². The fraction of sp³-hybridized carbons (Fsp3) is 1.00. The summed E-state index contributed by atoms with van der Waals surface area (Å²) in [5, 5.41) is 3.38. The Balaban J connectivity index is 1.50. The highest BCUT2D eigenvalue weighted by molar-refractivity contribution is 4.89. The van der Waals surface area contributed by atoms with Crippen LogP contribution in [-0.4, -0.2) is 37.1 Å². The maximum Gasteiger partial charge on any atom is 0.0123 e. The van der Waals surface area contributed by atoms with Crippen LogP contribution in [0.2, 0.25) is 0 Å². The van der Waals surface area contributed by atoms with Crippen LogP contribution in [0.5, 0.6) is 0 Å². The van der Waals surface area contributed by atoms with Gasteiger partial charge < -0.3 is 10.2 Å². The molecule has 0 spiro atoms. The smallest absolute Gasteiger partial charge is 0.0123 e. The number of rotatable bonds is 3. The largest absolute Gasteiger partial charge is 0.316 e. The van der Waals surface area contributed by atoms with E-state index in [1.807, 2.05) is 0 Å². The third-order valence-electron chi connectivity index (χ3n) is 4.80. The van der Waals surface area contributed by atoms with Crippen LogP contribution in [0, 0.1) is 11.8 Å². The molecule has 86 valence electrons. The van der Waals surface area contributed by atoms with Crippen molar-refractivity contribution in [2.24, 2.45) is 11.8 Å². The van der Waals surface area contributed by atoms with Gasteiger partial charge in [0.15, 0.2) is 0 Å². The number of fused-ring (bicyclic) bond motifs is 1. The summed E-state index contributed by atoms with van der Waals surface area (Å²) in [7, 11) is 0. The number of nitrogens with zero attached hydrogens (tertiary/aromatic N) is 1. The zero-order valence-corrected chi connectivity index (χ0v) is 9.75. The molecule has 2 unspecified atom stereocenters. The molecule has 0 aromatic rings. The van der Waals surface area contributed by atoms with Gasteiger partial charge in [0, 0.05) is 6.04 Å². The molecule has 2 aliphatic heterocycles. The molecule has 0 bridgehead atoms. The predicted molar refractivity (Wildman–Crippen MR) is 62.9 cm³/mol. The Kier molecular flexibility index (Phi) is 2.98. The van der Waals surface area contributed by atoms with E-state index < -0.39 is 0 Å². The van der Waals surface area contributed by atoms with Crippen LogP contribution >= 0.6 is 0 Å². The molecular formula is C13H24N2. The maximum absolute atomic E-state index is 3.38. The van der Waals surface area contributed by atoms with E-state index in [9.17, 15) is 0 Å². The Labute approximate surface area is 93.4 Å². The van der Waals surface area contributed by atoms with Gasteiger partial charge in [0.05, 0.1) is 0 Å². The fourth-order valence-electron chi connectivity index (χ4n) is 3.74. The van der Waals surface area contributed by atoms with Gasteiger partial charge in [-0.05, 0) is 70.1 Å². The van der Waals surface area contributed by atoms with Crippen molar-refractivity contribution in [3.63, 3.8) is 0 Å². The Morgan fingerprint density at radius 2 is 1.93 bits per heavy atom. The minimum Gasteiger partial charge on any atom is -0.316 e. The molecule has 1 saturated carbocycles. The van der Waals surface area contributed by atoms with E-state index in [1.165, 1.54) is 64.7 Å². The number of hydrogen-bond donors (Lipinski definition) is 1. The Bertz CT molecular complexity index is 213. The van der Waals surface area contributed by atoms with Gasteiger partial charge in [-0.1, -0.05) is 6.42 Å². The van der Waals surface area contributed by atoms with E-state index in [4.69, 9.17) is 0 Å². The van der Waals surface area contributed by atoms with Crippen molar-refractivity contribution in [3.8, 4) is 0 Å². The van der Waals surface area contributed by atoms with Gasteiger partial charge in [0.25, 0.3) is 0 Å². The Morgan fingerprint density at radius 3 is 2.73 bits per heavy atom.